The van der Waals surface area contributed by atoms with E-state index in [9.17, 15) is 9.90 Å². The Bertz CT molecular complexity index is 651. The van der Waals surface area contributed by atoms with Crippen molar-refractivity contribution in [1.82, 2.24) is 0 Å². The second-order valence-electron chi connectivity index (χ2n) is 4.84. The van der Waals surface area contributed by atoms with E-state index in [0.717, 1.165) is 17.1 Å². The van der Waals surface area contributed by atoms with Crippen LogP contribution in [0.25, 0.3) is 11.2 Å². The summed E-state index contributed by atoms with van der Waals surface area (Å²) in [6, 6.07) is 1.42. The molecule has 0 atom stereocenters. The molecule has 2 aromatic rings. The number of aryl methyl sites for hydroxylation is 1. The van der Waals surface area contributed by atoms with Crippen molar-refractivity contribution in [3.8, 4) is 0 Å². The molecule has 0 saturated carbocycles. The summed E-state index contributed by atoms with van der Waals surface area (Å²) in [5.74, 6) is 2.23. The summed E-state index contributed by atoms with van der Waals surface area (Å²) in [5.41, 5.74) is 1.28. The Labute approximate surface area is 133 Å². The van der Waals surface area contributed by atoms with Crippen LogP contribution >= 0.6 is 11.8 Å². The number of aliphatic hydroxyl groups is 1. The first-order valence-electron chi connectivity index (χ1n) is 7.11. The van der Waals surface area contributed by atoms with Gasteiger partial charge in [-0.15, -0.1) is 0 Å². The van der Waals surface area contributed by atoms with Gasteiger partial charge in [0.05, 0.1) is 25.5 Å². The maximum atomic E-state index is 12.1. The second-order valence-corrected chi connectivity index (χ2v) is 6.07. The molecule has 122 valence electrons. The molecule has 2 heterocycles. The molecule has 0 saturated heterocycles. The van der Waals surface area contributed by atoms with Gasteiger partial charge in [-0.25, -0.2) is 0 Å². The third-order valence-corrected chi connectivity index (χ3v) is 4.15. The van der Waals surface area contributed by atoms with E-state index in [1.165, 1.54) is 12.3 Å². The Morgan fingerprint density at radius 1 is 1.32 bits per heavy atom. The molecule has 0 amide bonds. The van der Waals surface area contributed by atoms with E-state index in [4.69, 9.17) is 13.6 Å². The highest BCUT2D eigenvalue weighted by atomic mass is 32.2. The molecule has 6 nitrogen and oxygen atoms in total. The van der Waals surface area contributed by atoms with Gasteiger partial charge in [-0.3, -0.25) is 4.79 Å². The maximum absolute atomic E-state index is 12.1. The number of aliphatic hydroxyl groups excluding tert-OH is 1. The van der Waals surface area contributed by atoms with Crippen molar-refractivity contribution in [3.05, 3.63) is 28.1 Å². The van der Waals surface area contributed by atoms with E-state index in [-0.39, 0.29) is 17.6 Å². The maximum Gasteiger partial charge on any atom is 0.230 e. The van der Waals surface area contributed by atoms with E-state index in [1.54, 1.807) is 18.9 Å². The monoisotopic (exact) mass is 327 g/mol. The van der Waals surface area contributed by atoms with Crippen LogP contribution < -0.4 is 10.3 Å². The van der Waals surface area contributed by atoms with Crippen molar-refractivity contribution >= 4 is 28.8 Å². The van der Waals surface area contributed by atoms with E-state index >= 15 is 0 Å². The standard InChI is InChI=1S/C15H21NO5S/c1-11-10-20-15-12(18)9-13(21-14(11)15)16(3-5-17)4-7-22-8-6-19-2/h9-10,17H,3-8H2,1-2H3. The highest BCUT2D eigenvalue weighted by Gasteiger charge is 2.15. The molecule has 1 N–H and O–H groups in total. The molecule has 0 spiro atoms. The molecule has 7 heteroatoms. The normalized spacial score (nSPS) is 11.2. The fraction of sp³-hybridized carbons (Fsp3) is 0.533. The van der Waals surface area contributed by atoms with Crippen molar-refractivity contribution in [2.75, 3.05) is 49.8 Å². The minimum Gasteiger partial charge on any atom is -0.456 e. The lowest BCUT2D eigenvalue weighted by Gasteiger charge is -2.21. The lowest BCUT2D eigenvalue weighted by Crippen LogP contribution is -2.30. The van der Waals surface area contributed by atoms with Crippen LogP contribution in [0.2, 0.25) is 0 Å². The molecule has 0 radical (unpaired) electrons. The number of rotatable bonds is 9. The van der Waals surface area contributed by atoms with Gasteiger partial charge in [0.15, 0.2) is 11.5 Å². The quantitative estimate of drug-likeness (QED) is 0.705. The van der Waals surface area contributed by atoms with Gasteiger partial charge in [0, 0.05) is 37.3 Å². The van der Waals surface area contributed by atoms with E-state index in [0.29, 0.717) is 31.2 Å². The zero-order chi connectivity index (χ0) is 15.9. The van der Waals surface area contributed by atoms with Crippen LogP contribution in [0.1, 0.15) is 5.56 Å². The van der Waals surface area contributed by atoms with Crippen molar-refractivity contribution in [2.24, 2.45) is 0 Å². The Balaban J connectivity index is 2.13. The van der Waals surface area contributed by atoms with Crippen LogP contribution in [0.4, 0.5) is 5.88 Å². The molecule has 0 aliphatic carbocycles. The predicted molar refractivity (Wildman–Crippen MR) is 88.0 cm³/mol. The van der Waals surface area contributed by atoms with Gasteiger partial charge in [0.2, 0.25) is 11.0 Å². The largest absolute Gasteiger partial charge is 0.456 e. The van der Waals surface area contributed by atoms with Crippen molar-refractivity contribution in [2.45, 2.75) is 6.92 Å². The number of ether oxygens (including phenoxy) is 1. The van der Waals surface area contributed by atoms with Crippen LogP contribution in [0.5, 0.6) is 0 Å². The Hall–Kier alpha value is -1.44. The highest BCUT2D eigenvalue weighted by Crippen LogP contribution is 2.23. The summed E-state index contributed by atoms with van der Waals surface area (Å²) in [6.45, 7) is 3.63. The predicted octanol–water partition coefficient (Wildman–Crippen LogP) is 1.87. The number of furan rings is 1. The van der Waals surface area contributed by atoms with Crippen LogP contribution in [-0.2, 0) is 4.74 Å². The van der Waals surface area contributed by atoms with Gasteiger partial charge in [-0.05, 0) is 6.92 Å². The Morgan fingerprint density at radius 3 is 2.86 bits per heavy atom. The zero-order valence-corrected chi connectivity index (χ0v) is 13.6. The van der Waals surface area contributed by atoms with Gasteiger partial charge in [-0.1, -0.05) is 0 Å². The summed E-state index contributed by atoms with van der Waals surface area (Å²) in [5, 5.41) is 9.23. The molecular formula is C15H21NO5S. The molecule has 2 aromatic heterocycles. The van der Waals surface area contributed by atoms with Crippen LogP contribution in [0.3, 0.4) is 0 Å². The molecular weight excluding hydrogens is 306 g/mol. The average Bonchev–Trinajstić information content (AvgIpc) is 2.88. The molecule has 22 heavy (non-hydrogen) atoms. The first kappa shape index (κ1) is 16.9. The number of hydrogen-bond acceptors (Lipinski definition) is 7. The van der Waals surface area contributed by atoms with Crippen LogP contribution in [0, 0.1) is 6.92 Å². The summed E-state index contributed by atoms with van der Waals surface area (Å²) in [6.07, 6.45) is 1.51. The molecule has 0 fully saturated rings. The first-order valence-corrected chi connectivity index (χ1v) is 8.27. The summed E-state index contributed by atoms with van der Waals surface area (Å²) in [7, 11) is 1.68. The topological polar surface area (TPSA) is 76.1 Å². The van der Waals surface area contributed by atoms with Crippen molar-refractivity contribution in [1.29, 1.82) is 0 Å². The highest BCUT2D eigenvalue weighted by molar-refractivity contribution is 7.99. The van der Waals surface area contributed by atoms with Gasteiger partial charge < -0.3 is 23.6 Å². The van der Waals surface area contributed by atoms with Crippen LogP contribution in [-0.4, -0.2) is 50.0 Å². The van der Waals surface area contributed by atoms with Gasteiger partial charge >= 0.3 is 0 Å². The van der Waals surface area contributed by atoms with Crippen LogP contribution in [0.15, 0.2) is 26.0 Å². The summed E-state index contributed by atoms with van der Waals surface area (Å²) < 4.78 is 16.0. The lowest BCUT2D eigenvalue weighted by atomic mass is 10.3. The molecule has 0 aliphatic rings. The molecule has 0 bridgehead atoms. The fourth-order valence-corrected chi connectivity index (χ4v) is 2.91. The number of fused-ring (bicyclic) bond motifs is 1. The summed E-state index contributed by atoms with van der Waals surface area (Å²) in [4.78, 5) is 13.9. The smallest absolute Gasteiger partial charge is 0.230 e. The molecule has 0 unspecified atom stereocenters. The van der Waals surface area contributed by atoms with E-state index < -0.39 is 0 Å². The average molecular weight is 327 g/mol. The van der Waals surface area contributed by atoms with Gasteiger partial charge in [0.1, 0.15) is 0 Å². The number of hydrogen-bond donors (Lipinski definition) is 1. The number of anilines is 1. The lowest BCUT2D eigenvalue weighted by molar-refractivity contribution is 0.218. The van der Waals surface area contributed by atoms with E-state index in [1.807, 2.05) is 11.8 Å². The Kier molecular flexibility index (Phi) is 6.35. The molecule has 0 aliphatic heterocycles. The van der Waals surface area contributed by atoms with Gasteiger partial charge in [-0.2, -0.15) is 11.8 Å². The molecule has 0 aromatic carbocycles. The second kappa shape index (κ2) is 8.26. The third-order valence-electron chi connectivity index (χ3n) is 3.22. The zero-order valence-electron chi connectivity index (χ0n) is 12.8. The number of nitrogens with zero attached hydrogens (tertiary/aromatic N) is 1. The minimum atomic E-state index is -0.209. The SMILES string of the molecule is COCCSCCN(CCO)c1cc(=O)c2occ(C)c2o1. The Morgan fingerprint density at radius 2 is 2.14 bits per heavy atom. The van der Waals surface area contributed by atoms with Crippen molar-refractivity contribution in [3.63, 3.8) is 0 Å². The summed E-state index contributed by atoms with van der Waals surface area (Å²) >= 11 is 1.75. The fourth-order valence-electron chi connectivity index (χ4n) is 2.07. The van der Waals surface area contributed by atoms with Crippen molar-refractivity contribution < 1.29 is 18.7 Å². The minimum absolute atomic E-state index is 0.00510. The van der Waals surface area contributed by atoms with Gasteiger partial charge in [0.25, 0.3) is 0 Å². The third kappa shape index (κ3) is 4.06. The number of methoxy groups -OCH3 is 1. The number of thioether (sulfide) groups is 1. The first-order chi connectivity index (χ1) is 10.7. The molecule has 2 rings (SSSR count). The van der Waals surface area contributed by atoms with E-state index in [2.05, 4.69) is 0 Å².